The molecule has 1 aromatic heterocycles. The molecular formula is C25H35N. The third kappa shape index (κ3) is 5.19. The Morgan fingerprint density at radius 3 is 2.23 bits per heavy atom. The predicted octanol–water partition coefficient (Wildman–Crippen LogP) is 7.56. The van der Waals surface area contributed by atoms with Gasteiger partial charge in [0.25, 0.3) is 0 Å². The van der Waals surface area contributed by atoms with E-state index in [0.717, 1.165) is 17.5 Å². The topological polar surface area (TPSA) is 12.9 Å². The lowest BCUT2D eigenvalue weighted by Crippen LogP contribution is -2.13. The number of unbranched alkanes of at least 4 members (excludes halogenated alkanes) is 2. The monoisotopic (exact) mass is 349 g/mol. The highest BCUT2D eigenvalue weighted by atomic mass is 14.7. The molecule has 0 bridgehead atoms. The minimum atomic E-state index is 0.727. The van der Waals surface area contributed by atoms with Crippen molar-refractivity contribution in [2.45, 2.75) is 84.0 Å². The second kappa shape index (κ2) is 9.90. The molecule has 0 saturated heterocycles. The molecule has 0 spiro atoms. The van der Waals surface area contributed by atoms with Crippen LogP contribution in [0, 0.1) is 5.92 Å². The number of aromatic nitrogens is 1. The van der Waals surface area contributed by atoms with Gasteiger partial charge in [-0.15, -0.1) is 0 Å². The fraction of sp³-hybridized carbons (Fsp3) is 0.560. The van der Waals surface area contributed by atoms with E-state index in [1.807, 2.05) is 0 Å². The summed E-state index contributed by atoms with van der Waals surface area (Å²) in [6, 6.07) is 13.6. The summed E-state index contributed by atoms with van der Waals surface area (Å²) in [7, 11) is 0. The lowest BCUT2D eigenvalue weighted by atomic mass is 9.77. The van der Waals surface area contributed by atoms with Crippen LogP contribution >= 0.6 is 0 Å². The van der Waals surface area contributed by atoms with Gasteiger partial charge in [0.2, 0.25) is 0 Å². The molecule has 1 nitrogen and oxygen atoms in total. The summed E-state index contributed by atoms with van der Waals surface area (Å²) >= 11 is 0. The first-order chi connectivity index (χ1) is 12.8. The summed E-state index contributed by atoms with van der Waals surface area (Å²) in [5.74, 6) is 1.70. The zero-order valence-electron chi connectivity index (χ0n) is 16.7. The number of rotatable bonds is 8. The second-order valence-electron chi connectivity index (χ2n) is 8.14. The van der Waals surface area contributed by atoms with E-state index in [1.54, 1.807) is 0 Å². The zero-order chi connectivity index (χ0) is 18.2. The Morgan fingerprint density at radius 1 is 0.846 bits per heavy atom. The molecule has 2 aromatic rings. The van der Waals surface area contributed by atoms with Crippen molar-refractivity contribution in [1.29, 1.82) is 0 Å². The molecule has 1 heteroatoms. The van der Waals surface area contributed by atoms with Crippen molar-refractivity contribution in [2.24, 2.45) is 5.92 Å². The van der Waals surface area contributed by atoms with Gasteiger partial charge in [-0.2, -0.15) is 0 Å². The number of benzene rings is 1. The van der Waals surface area contributed by atoms with E-state index in [0.29, 0.717) is 0 Å². The van der Waals surface area contributed by atoms with Crippen LogP contribution in [0.5, 0.6) is 0 Å². The molecule has 140 valence electrons. The normalized spacial score (nSPS) is 20.2. The molecule has 1 aromatic carbocycles. The molecule has 1 saturated carbocycles. The van der Waals surface area contributed by atoms with Crippen LogP contribution in [0.2, 0.25) is 0 Å². The lowest BCUT2D eigenvalue weighted by molar-refractivity contribution is 0.308. The van der Waals surface area contributed by atoms with Gasteiger partial charge >= 0.3 is 0 Å². The molecule has 0 aliphatic heterocycles. The van der Waals surface area contributed by atoms with Gasteiger partial charge in [-0.25, -0.2) is 0 Å². The molecule has 0 unspecified atom stereocenters. The smallest absolute Gasteiger partial charge is 0.0702 e. The largest absolute Gasteiger partial charge is 0.256 e. The molecule has 3 rings (SSSR count). The SMILES string of the molecule is CCCCCc1ccc(-c2ccc(C3CCC(CCC)CC3)cn2)cc1. The molecular weight excluding hydrogens is 314 g/mol. The standard InChI is InChI=1S/C25H35N/c1-3-5-6-8-21-11-15-23(16-12-21)25-18-17-24(19-26-25)22-13-9-20(7-4-2)10-14-22/h11-12,15-20,22H,3-10,13-14H2,1-2H3. The number of hydrogen-bond donors (Lipinski definition) is 0. The first kappa shape index (κ1) is 19.1. The Kier molecular flexibility index (Phi) is 7.29. The fourth-order valence-electron chi connectivity index (χ4n) is 4.43. The van der Waals surface area contributed by atoms with E-state index in [1.165, 1.54) is 80.9 Å². The molecule has 1 aliphatic rings. The maximum Gasteiger partial charge on any atom is 0.0702 e. The Balaban J connectivity index is 1.57. The van der Waals surface area contributed by atoms with Gasteiger partial charge in [0.1, 0.15) is 0 Å². The maximum atomic E-state index is 4.78. The summed E-state index contributed by atoms with van der Waals surface area (Å²) in [6.07, 6.45) is 15.5. The van der Waals surface area contributed by atoms with E-state index >= 15 is 0 Å². The van der Waals surface area contributed by atoms with Gasteiger partial charge in [-0.1, -0.05) is 69.9 Å². The highest BCUT2D eigenvalue weighted by molar-refractivity contribution is 5.59. The molecule has 0 N–H and O–H groups in total. The first-order valence-corrected chi connectivity index (χ1v) is 10.9. The van der Waals surface area contributed by atoms with Gasteiger partial charge in [0.05, 0.1) is 5.69 Å². The molecule has 0 radical (unpaired) electrons. The molecule has 0 amide bonds. The van der Waals surface area contributed by atoms with Crippen LogP contribution < -0.4 is 0 Å². The van der Waals surface area contributed by atoms with Gasteiger partial charge in [0.15, 0.2) is 0 Å². The molecule has 1 heterocycles. The van der Waals surface area contributed by atoms with Gasteiger partial charge in [-0.05, 0) is 67.6 Å². The Labute approximate surface area is 160 Å². The number of aryl methyl sites for hydroxylation is 1. The first-order valence-electron chi connectivity index (χ1n) is 10.9. The minimum absolute atomic E-state index is 0.727. The van der Waals surface area contributed by atoms with E-state index in [-0.39, 0.29) is 0 Å². The van der Waals surface area contributed by atoms with Crippen LogP contribution in [0.25, 0.3) is 11.3 Å². The Hall–Kier alpha value is -1.63. The summed E-state index contributed by atoms with van der Waals surface area (Å²) < 4.78 is 0. The molecule has 0 atom stereocenters. The molecule has 1 aliphatic carbocycles. The minimum Gasteiger partial charge on any atom is -0.256 e. The van der Waals surface area contributed by atoms with E-state index < -0.39 is 0 Å². The van der Waals surface area contributed by atoms with Crippen LogP contribution in [-0.4, -0.2) is 4.98 Å². The second-order valence-corrected chi connectivity index (χ2v) is 8.14. The summed E-state index contributed by atoms with van der Waals surface area (Å²) in [5, 5.41) is 0. The van der Waals surface area contributed by atoms with Crippen LogP contribution in [-0.2, 0) is 6.42 Å². The Bertz CT molecular complexity index is 633. The third-order valence-corrected chi connectivity index (χ3v) is 6.12. The van der Waals surface area contributed by atoms with Crippen molar-refractivity contribution >= 4 is 0 Å². The maximum absolute atomic E-state index is 4.78. The van der Waals surface area contributed by atoms with Crippen LogP contribution in [0.4, 0.5) is 0 Å². The van der Waals surface area contributed by atoms with Crippen molar-refractivity contribution in [3.8, 4) is 11.3 Å². The number of hydrogen-bond acceptors (Lipinski definition) is 1. The van der Waals surface area contributed by atoms with Crippen LogP contribution in [0.1, 0.15) is 88.7 Å². The predicted molar refractivity (Wildman–Crippen MR) is 113 cm³/mol. The lowest BCUT2D eigenvalue weighted by Gasteiger charge is -2.28. The molecule has 1 fully saturated rings. The van der Waals surface area contributed by atoms with Crippen molar-refractivity contribution in [3.05, 3.63) is 53.7 Å². The quantitative estimate of drug-likeness (QED) is 0.448. The summed E-state index contributed by atoms with van der Waals surface area (Å²) in [5.41, 5.74) is 5.23. The average molecular weight is 350 g/mol. The van der Waals surface area contributed by atoms with Crippen molar-refractivity contribution in [3.63, 3.8) is 0 Å². The Morgan fingerprint density at radius 2 is 1.62 bits per heavy atom. The summed E-state index contributed by atoms with van der Waals surface area (Å²) in [6.45, 7) is 4.57. The van der Waals surface area contributed by atoms with Crippen LogP contribution in [0.3, 0.4) is 0 Å². The highest BCUT2D eigenvalue weighted by Crippen LogP contribution is 2.37. The van der Waals surface area contributed by atoms with E-state index in [4.69, 9.17) is 4.98 Å². The highest BCUT2D eigenvalue weighted by Gasteiger charge is 2.22. The van der Waals surface area contributed by atoms with E-state index in [2.05, 4.69) is 56.4 Å². The van der Waals surface area contributed by atoms with Crippen molar-refractivity contribution < 1.29 is 0 Å². The number of nitrogens with zero attached hydrogens (tertiary/aromatic N) is 1. The summed E-state index contributed by atoms with van der Waals surface area (Å²) in [4.78, 5) is 4.78. The van der Waals surface area contributed by atoms with Gasteiger partial charge in [-0.3, -0.25) is 4.98 Å². The third-order valence-electron chi connectivity index (χ3n) is 6.12. The van der Waals surface area contributed by atoms with Crippen molar-refractivity contribution in [2.75, 3.05) is 0 Å². The van der Waals surface area contributed by atoms with Crippen LogP contribution in [0.15, 0.2) is 42.6 Å². The van der Waals surface area contributed by atoms with E-state index in [9.17, 15) is 0 Å². The number of pyridine rings is 1. The molecule has 26 heavy (non-hydrogen) atoms. The fourth-order valence-corrected chi connectivity index (χ4v) is 4.43. The van der Waals surface area contributed by atoms with Gasteiger partial charge < -0.3 is 0 Å². The zero-order valence-corrected chi connectivity index (χ0v) is 16.7. The van der Waals surface area contributed by atoms with Crippen molar-refractivity contribution in [1.82, 2.24) is 4.98 Å². The van der Waals surface area contributed by atoms with Gasteiger partial charge in [0, 0.05) is 11.8 Å². The average Bonchev–Trinajstić information content (AvgIpc) is 2.70.